The van der Waals surface area contributed by atoms with Crippen LogP contribution in [-0.4, -0.2) is 44.5 Å². The molecule has 1 fully saturated rings. The molecule has 0 spiro atoms. The lowest BCUT2D eigenvalue weighted by Crippen LogP contribution is -2.12. The zero-order valence-corrected chi connectivity index (χ0v) is 29.0. The number of epoxide rings is 1. The van der Waals surface area contributed by atoms with E-state index in [1.54, 1.807) is 42.5 Å². The highest BCUT2D eigenvalue weighted by Gasteiger charge is 2.25. The van der Waals surface area contributed by atoms with E-state index in [1.807, 2.05) is 72.8 Å². The summed E-state index contributed by atoms with van der Waals surface area (Å²) in [6, 6.07) is 34.9. The molecule has 5 aromatic carbocycles. The van der Waals surface area contributed by atoms with Crippen molar-refractivity contribution >= 4 is 11.9 Å². The molecule has 1 aliphatic heterocycles. The average Bonchev–Trinajstić information content (AvgIpc) is 4.00. The second kappa shape index (κ2) is 17.4. The fourth-order valence-electron chi connectivity index (χ4n) is 5.17. The number of esters is 2. The van der Waals surface area contributed by atoms with Gasteiger partial charge in [0.15, 0.2) is 11.5 Å². The van der Waals surface area contributed by atoms with E-state index in [4.69, 9.17) is 28.4 Å². The van der Waals surface area contributed by atoms with Crippen molar-refractivity contribution in [3.05, 3.63) is 126 Å². The molecule has 1 saturated heterocycles. The molecular formula is C43H42O8. The Hall–Kier alpha value is -5.60. The molecule has 8 heteroatoms. The summed E-state index contributed by atoms with van der Waals surface area (Å²) < 4.78 is 34.2. The Morgan fingerprint density at radius 3 is 1.43 bits per heavy atom. The molecule has 1 unspecified atom stereocenters. The minimum atomic E-state index is -0.544. The Bertz CT molecular complexity index is 1880. The monoisotopic (exact) mass is 686 g/mol. The highest BCUT2D eigenvalue weighted by Crippen LogP contribution is 2.34. The standard InChI is InChI=1S/C43H42O8/c1-3-5-25-46-36-19-15-32(16-20-36)30-7-11-34(12-8-30)42(44)50-38-23-24-40(41(27-38)49-29-39-28-48-39)51-43(45)35-13-9-31(10-14-35)33-17-21-37(22-18-33)47-26-6-4-2/h7-24,27,39H,3-6,25-26,28-29H2,1-2H3. The summed E-state index contributed by atoms with van der Waals surface area (Å²) in [5.74, 6) is 1.31. The SMILES string of the molecule is CCCCOc1ccc(-c2ccc(C(=O)Oc3ccc(OC(=O)c4ccc(-c5ccc(OCCCC)cc5)cc4)c(OCC4CO4)c3)cc2)cc1. The molecule has 0 saturated carbocycles. The topological polar surface area (TPSA) is 92.8 Å². The zero-order valence-electron chi connectivity index (χ0n) is 29.0. The van der Waals surface area contributed by atoms with Crippen LogP contribution in [-0.2, 0) is 4.74 Å². The first-order chi connectivity index (χ1) is 25.0. The lowest BCUT2D eigenvalue weighted by Gasteiger charge is -2.13. The number of ether oxygens (including phenoxy) is 6. The first-order valence-corrected chi connectivity index (χ1v) is 17.5. The summed E-state index contributed by atoms with van der Waals surface area (Å²) in [6.45, 7) is 6.52. The van der Waals surface area contributed by atoms with Crippen molar-refractivity contribution < 1.29 is 38.0 Å². The minimum absolute atomic E-state index is 0.0347. The summed E-state index contributed by atoms with van der Waals surface area (Å²) >= 11 is 0. The molecule has 6 rings (SSSR count). The van der Waals surface area contributed by atoms with Gasteiger partial charge >= 0.3 is 11.9 Å². The molecule has 0 aliphatic carbocycles. The fraction of sp³-hybridized carbons (Fsp3) is 0.256. The van der Waals surface area contributed by atoms with E-state index in [0.717, 1.165) is 59.4 Å². The van der Waals surface area contributed by atoms with Crippen LogP contribution in [0.25, 0.3) is 22.3 Å². The van der Waals surface area contributed by atoms with Crippen LogP contribution < -0.4 is 23.7 Å². The van der Waals surface area contributed by atoms with Gasteiger partial charge in [-0.15, -0.1) is 0 Å². The molecule has 1 atom stereocenters. The summed E-state index contributed by atoms with van der Waals surface area (Å²) in [5, 5.41) is 0. The van der Waals surface area contributed by atoms with Crippen molar-refractivity contribution in [3.63, 3.8) is 0 Å². The van der Waals surface area contributed by atoms with Crippen molar-refractivity contribution in [2.75, 3.05) is 26.4 Å². The first kappa shape index (κ1) is 35.2. The number of carbonyl (C=O) groups excluding carboxylic acids is 2. The van der Waals surface area contributed by atoms with Gasteiger partial charge in [0, 0.05) is 6.07 Å². The van der Waals surface area contributed by atoms with Gasteiger partial charge < -0.3 is 28.4 Å². The Balaban J connectivity index is 1.08. The van der Waals surface area contributed by atoms with Crippen LogP contribution in [0, 0.1) is 0 Å². The van der Waals surface area contributed by atoms with Gasteiger partial charge in [0.05, 0.1) is 30.9 Å². The molecule has 8 nitrogen and oxygen atoms in total. The van der Waals surface area contributed by atoms with Crippen molar-refractivity contribution in [2.24, 2.45) is 0 Å². The van der Waals surface area contributed by atoms with Gasteiger partial charge in [0.2, 0.25) is 0 Å². The highest BCUT2D eigenvalue weighted by atomic mass is 16.6. The van der Waals surface area contributed by atoms with Crippen molar-refractivity contribution in [3.8, 4) is 51.0 Å². The van der Waals surface area contributed by atoms with Gasteiger partial charge in [-0.25, -0.2) is 9.59 Å². The Morgan fingerprint density at radius 1 is 0.549 bits per heavy atom. The maximum Gasteiger partial charge on any atom is 0.343 e. The minimum Gasteiger partial charge on any atom is -0.494 e. The van der Waals surface area contributed by atoms with Gasteiger partial charge in [-0.2, -0.15) is 0 Å². The molecule has 1 aliphatic rings. The van der Waals surface area contributed by atoms with Crippen molar-refractivity contribution in [2.45, 2.75) is 45.6 Å². The molecule has 0 aromatic heterocycles. The molecular weight excluding hydrogens is 644 g/mol. The number of unbranched alkanes of at least 4 members (excludes halogenated alkanes) is 2. The number of hydrogen-bond donors (Lipinski definition) is 0. The smallest absolute Gasteiger partial charge is 0.343 e. The fourth-order valence-corrected chi connectivity index (χ4v) is 5.17. The zero-order chi connectivity index (χ0) is 35.4. The quantitative estimate of drug-likeness (QED) is 0.0413. The molecule has 0 bridgehead atoms. The molecule has 1 heterocycles. The van der Waals surface area contributed by atoms with Crippen LogP contribution in [0.2, 0.25) is 0 Å². The van der Waals surface area contributed by atoms with E-state index < -0.39 is 11.9 Å². The van der Waals surface area contributed by atoms with Crippen LogP contribution >= 0.6 is 0 Å². The molecule has 262 valence electrons. The predicted octanol–water partition coefficient (Wildman–Crippen LogP) is 9.59. The van der Waals surface area contributed by atoms with Crippen molar-refractivity contribution in [1.82, 2.24) is 0 Å². The lowest BCUT2D eigenvalue weighted by molar-refractivity contribution is 0.0713. The van der Waals surface area contributed by atoms with Gasteiger partial charge in [-0.1, -0.05) is 75.2 Å². The Morgan fingerprint density at radius 2 is 0.980 bits per heavy atom. The van der Waals surface area contributed by atoms with Gasteiger partial charge in [0.25, 0.3) is 0 Å². The maximum absolute atomic E-state index is 13.2. The van der Waals surface area contributed by atoms with E-state index in [-0.39, 0.29) is 30.0 Å². The second-order valence-corrected chi connectivity index (χ2v) is 12.3. The molecule has 0 radical (unpaired) electrons. The lowest BCUT2D eigenvalue weighted by atomic mass is 10.0. The number of benzene rings is 5. The summed E-state index contributed by atoms with van der Waals surface area (Å²) in [5.41, 5.74) is 4.72. The van der Waals surface area contributed by atoms with Crippen molar-refractivity contribution in [1.29, 1.82) is 0 Å². The van der Waals surface area contributed by atoms with Crippen LogP contribution in [0.1, 0.15) is 60.2 Å². The van der Waals surface area contributed by atoms with Crippen LogP contribution in [0.5, 0.6) is 28.7 Å². The Labute approximate surface area is 298 Å². The summed E-state index contributed by atoms with van der Waals surface area (Å²) in [7, 11) is 0. The highest BCUT2D eigenvalue weighted by molar-refractivity contribution is 5.93. The van der Waals surface area contributed by atoms with E-state index in [2.05, 4.69) is 13.8 Å². The Kier molecular flexibility index (Phi) is 12.0. The summed E-state index contributed by atoms with van der Waals surface area (Å²) in [4.78, 5) is 26.2. The number of rotatable bonds is 17. The third kappa shape index (κ3) is 9.99. The number of carbonyl (C=O) groups is 2. The maximum atomic E-state index is 13.2. The third-order valence-corrected chi connectivity index (χ3v) is 8.31. The van der Waals surface area contributed by atoms with Gasteiger partial charge in [0.1, 0.15) is 30.0 Å². The molecule has 5 aromatic rings. The van der Waals surface area contributed by atoms with E-state index >= 15 is 0 Å². The van der Waals surface area contributed by atoms with E-state index in [9.17, 15) is 9.59 Å². The van der Waals surface area contributed by atoms with Gasteiger partial charge in [-0.3, -0.25) is 0 Å². The molecule has 51 heavy (non-hydrogen) atoms. The van der Waals surface area contributed by atoms with Crippen LogP contribution in [0.15, 0.2) is 115 Å². The molecule has 0 N–H and O–H groups in total. The van der Waals surface area contributed by atoms with Gasteiger partial charge in [-0.05, 0) is 95.8 Å². The second-order valence-electron chi connectivity index (χ2n) is 12.3. The number of hydrogen-bond acceptors (Lipinski definition) is 8. The van der Waals surface area contributed by atoms with E-state index in [1.165, 1.54) is 0 Å². The molecule has 0 amide bonds. The normalized spacial score (nSPS) is 13.3. The first-order valence-electron chi connectivity index (χ1n) is 17.5. The predicted molar refractivity (Wildman–Crippen MR) is 196 cm³/mol. The van der Waals surface area contributed by atoms with E-state index in [0.29, 0.717) is 30.9 Å². The van der Waals surface area contributed by atoms with Crippen LogP contribution in [0.4, 0.5) is 0 Å². The summed E-state index contributed by atoms with van der Waals surface area (Å²) in [6.07, 6.45) is 4.17. The van der Waals surface area contributed by atoms with Crippen LogP contribution in [0.3, 0.4) is 0 Å². The largest absolute Gasteiger partial charge is 0.494 e. The third-order valence-electron chi connectivity index (χ3n) is 8.31. The average molecular weight is 687 g/mol.